The van der Waals surface area contributed by atoms with Crippen molar-refractivity contribution in [3.05, 3.63) is 71.9 Å². The molecule has 1 saturated carbocycles. The van der Waals surface area contributed by atoms with Crippen LogP contribution in [0.5, 0.6) is 0 Å². The molecule has 1 aliphatic carbocycles. The molecule has 0 saturated heterocycles. The molecule has 0 atom stereocenters. The van der Waals surface area contributed by atoms with Crippen molar-refractivity contribution < 1.29 is 8.91 Å². The fraction of sp³-hybridized carbons (Fsp3) is 0.263. The lowest BCUT2D eigenvalue weighted by atomic mass is 10.2. The van der Waals surface area contributed by atoms with Gasteiger partial charge in [0.25, 0.3) is 0 Å². The zero-order chi connectivity index (χ0) is 16.4. The maximum atomic E-state index is 13.1. The van der Waals surface area contributed by atoms with Gasteiger partial charge in [0.2, 0.25) is 11.7 Å². The standard InChI is InChI=1S/C19H18FN3O/c20-16-8-6-14(7-9-16)12-23(17-10-11-17)13-18-21-19(22-24-18)15-4-2-1-3-5-15/h1-9,17H,10-13H2. The molecule has 0 amide bonds. The lowest BCUT2D eigenvalue weighted by molar-refractivity contribution is 0.209. The molecule has 0 aliphatic heterocycles. The van der Waals surface area contributed by atoms with E-state index in [9.17, 15) is 4.39 Å². The monoisotopic (exact) mass is 323 g/mol. The molecular weight excluding hydrogens is 305 g/mol. The second-order valence-electron chi connectivity index (χ2n) is 6.14. The predicted octanol–water partition coefficient (Wildman–Crippen LogP) is 4.04. The van der Waals surface area contributed by atoms with E-state index in [1.807, 2.05) is 42.5 Å². The quantitative estimate of drug-likeness (QED) is 0.686. The van der Waals surface area contributed by atoms with Crippen LogP contribution in [0, 0.1) is 5.82 Å². The van der Waals surface area contributed by atoms with E-state index in [0.717, 1.165) is 17.7 Å². The Morgan fingerprint density at radius 3 is 2.46 bits per heavy atom. The van der Waals surface area contributed by atoms with Crippen LogP contribution in [0.25, 0.3) is 11.4 Å². The maximum Gasteiger partial charge on any atom is 0.241 e. The van der Waals surface area contributed by atoms with Crippen LogP contribution in [0.15, 0.2) is 59.1 Å². The minimum atomic E-state index is -0.207. The number of nitrogens with zero attached hydrogens (tertiary/aromatic N) is 3. The largest absolute Gasteiger partial charge is 0.338 e. The number of rotatable bonds is 6. The van der Waals surface area contributed by atoms with Crippen LogP contribution in [0.1, 0.15) is 24.3 Å². The van der Waals surface area contributed by atoms with E-state index >= 15 is 0 Å². The van der Waals surface area contributed by atoms with E-state index in [2.05, 4.69) is 15.0 Å². The highest BCUT2D eigenvalue weighted by Gasteiger charge is 2.30. The summed E-state index contributed by atoms with van der Waals surface area (Å²) in [5.41, 5.74) is 2.04. The molecule has 0 bridgehead atoms. The summed E-state index contributed by atoms with van der Waals surface area (Å²) in [5, 5.41) is 4.08. The summed E-state index contributed by atoms with van der Waals surface area (Å²) >= 11 is 0. The van der Waals surface area contributed by atoms with Gasteiger partial charge in [0.1, 0.15) is 5.82 Å². The van der Waals surface area contributed by atoms with Gasteiger partial charge in [-0.05, 0) is 30.5 Å². The number of hydrogen-bond acceptors (Lipinski definition) is 4. The third-order valence-electron chi connectivity index (χ3n) is 4.20. The van der Waals surface area contributed by atoms with Crippen LogP contribution >= 0.6 is 0 Å². The second kappa shape index (κ2) is 6.53. The normalized spacial score (nSPS) is 14.2. The Bertz CT molecular complexity index is 797. The summed E-state index contributed by atoms with van der Waals surface area (Å²) in [6, 6.07) is 17.0. The molecule has 3 aromatic rings. The van der Waals surface area contributed by atoms with Crippen LogP contribution in [0.3, 0.4) is 0 Å². The number of benzene rings is 2. The highest BCUT2D eigenvalue weighted by molar-refractivity contribution is 5.53. The van der Waals surface area contributed by atoms with Gasteiger partial charge < -0.3 is 4.52 Å². The number of halogens is 1. The molecule has 4 nitrogen and oxygen atoms in total. The first kappa shape index (κ1) is 15.0. The molecule has 5 heteroatoms. The van der Waals surface area contributed by atoms with Crippen molar-refractivity contribution in [3.63, 3.8) is 0 Å². The molecule has 0 N–H and O–H groups in total. The third kappa shape index (κ3) is 3.51. The Morgan fingerprint density at radius 2 is 1.75 bits per heavy atom. The van der Waals surface area contributed by atoms with Gasteiger partial charge in [-0.2, -0.15) is 4.98 Å². The van der Waals surface area contributed by atoms with Crippen molar-refractivity contribution in [3.8, 4) is 11.4 Å². The Kier molecular flexibility index (Phi) is 4.09. The van der Waals surface area contributed by atoms with Crippen LogP contribution in [0.2, 0.25) is 0 Å². The summed E-state index contributed by atoms with van der Waals surface area (Å²) < 4.78 is 18.5. The average molecular weight is 323 g/mol. The SMILES string of the molecule is Fc1ccc(CN(Cc2nc(-c3ccccc3)no2)C2CC2)cc1. The summed E-state index contributed by atoms with van der Waals surface area (Å²) in [5.74, 6) is 1.02. The average Bonchev–Trinajstić information content (AvgIpc) is 3.36. The smallest absolute Gasteiger partial charge is 0.241 e. The van der Waals surface area contributed by atoms with Crippen molar-refractivity contribution in [1.29, 1.82) is 0 Å². The van der Waals surface area contributed by atoms with Crippen molar-refractivity contribution >= 4 is 0 Å². The number of hydrogen-bond donors (Lipinski definition) is 0. The minimum absolute atomic E-state index is 0.207. The zero-order valence-electron chi connectivity index (χ0n) is 13.2. The van der Waals surface area contributed by atoms with Gasteiger partial charge >= 0.3 is 0 Å². The van der Waals surface area contributed by atoms with Gasteiger partial charge in [-0.1, -0.05) is 47.6 Å². The predicted molar refractivity (Wildman–Crippen MR) is 88.4 cm³/mol. The lowest BCUT2D eigenvalue weighted by Gasteiger charge is -2.19. The first-order valence-corrected chi connectivity index (χ1v) is 8.14. The van der Waals surface area contributed by atoms with Crippen molar-refractivity contribution in [2.45, 2.75) is 32.0 Å². The van der Waals surface area contributed by atoms with Gasteiger partial charge in [-0.25, -0.2) is 4.39 Å². The Morgan fingerprint density at radius 1 is 1.00 bits per heavy atom. The summed E-state index contributed by atoms with van der Waals surface area (Å²) in [6.07, 6.45) is 2.36. The van der Waals surface area contributed by atoms with Crippen LogP contribution in [-0.4, -0.2) is 21.1 Å². The fourth-order valence-electron chi connectivity index (χ4n) is 2.78. The second-order valence-corrected chi connectivity index (χ2v) is 6.14. The molecule has 1 aliphatic rings. The van der Waals surface area contributed by atoms with Gasteiger partial charge in [-0.15, -0.1) is 0 Å². The van der Waals surface area contributed by atoms with Crippen molar-refractivity contribution in [1.82, 2.24) is 15.0 Å². The van der Waals surface area contributed by atoms with Gasteiger partial charge in [0.05, 0.1) is 6.54 Å². The molecule has 0 radical (unpaired) electrons. The summed E-state index contributed by atoms with van der Waals surface area (Å²) in [7, 11) is 0. The molecule has 0 spiro atoms. The van der Waals surface area contributed by atoms with E-state index in [0.29, 0.717) is 24.3 Å². The zero-order valence-corrected chi connectivity index (χ0v) is 13.2. The molecule has 1 aromatic heterocycles. The van der Waals surface area contributed by atoms with Crippen LogP contribution < -0.4 is 0 Å². The Balaban J connectivity index is 1.47. The summed E-state index contributed by atoms with van der Waals surface area (Å²) in [4.78, 5) is 6.82. The van der Waals surface area contributed by atoms with E-state index in [-0.39, 0.29) is 5.82 Å². The first-order chi connectivity index (χ1) is 11.8. The third-order valence-corrected chi connectivity index (χ3v) is 4.20. The van der Waals surface area contributed by atoms with Crippen molar-refractivity contribution in [2.75, 3.05) is 0 Å². The highest BCUT2D eigenvalue weighted by Crippen LogP contribution is 2.30. The van der Waals surface area contributed by atoms with E-state index < -0.39 is 0 Å². The lowest BCUT2D eigenvalue weighted by Crippen LogP contribution is -2.25. The molecular formula is C19H18FN3O. The fourth-order valence-corrected chi connectivity index (χ4v) is 2.78. The molecule has 122 valence electrons. The maximum absolute atomic E-state index is 13.1. The first-order valence-electron chi connectivity index (χ1n) is 8.14. The minimum Gasteiger partial charge on any atom is -0.338 e. The van der Waals surface area contributed by atoms with Crippen LogP contribution in [0.4, 0.5) is 4.39 Å². The van der Waals surface area contributed by atoms with E-state index in [1.54, 1.807) is 0 Å². The van der Waals surface area contributed by atoms with Gasteiger partial charge in [0.15, 0.2) is 0 Å². The van der Waals surface area contributed by atoms with E-state index in [4.69, 9.17) is 4.52 Å². The van der Waals surface area contributed by atoms with Crippen LogP contribution in [-0.2, 0) is 13.1 Å². The van der Waals surface area contributed by atoms with Gasteiger partial charge in [0, 0.05) is 18.2 Å². The molecule has 2 aromatic carbocycles. The molecule has 4 rings (SSSR count). The highest BCUT2D eigenvalue weighted by atomic mass is 19.1. The Hall–Kier alpha value is -2.53. The topological polar surface area (TPSA) is 42.2 Å². The molecule has 0 unspecified atom stereocenters. The van der Waals surface area contributed by atoms with E-state index in [1.165, 1.54) is 25.0 Å². The van der Waals surface area contributed by atoms with Gasteiger partial charge in [-0.3, -0.25) is 4.90 Å². The summed E-state index contributed by atoms with van der Waals surface area (Å²) in [6.45, 7) is 1.37. The Labute approximate surface area is 139 Å². The molecule has 24 heavy (non-hydrogen) atoms. The number of aromatic nitrogens is 2. The molecule has 1 fully saturated rings. The molecule has 1 heterocycles. The van der Waals surface area contributed by atoms with Crippen molar-refractivity contribution in [2.24, 2.45) is 0 Å².